The van der Waals surface area contributed by atoms with Gasteiger partial charge in [0.1, 0.15) is 6.04 Å². The van der Waals surface area contributed by atoms with Crippen LogP contribution >= 0.6 is 11.6 Å². The molecule has 28 heavy (non-hydrogen) atoms. The number of halogens is 1. The van der Waals surface area contributed by atoms with Gasteiger partial charge in [-0.2, -0.15) is 0 Å². The van der Waals surface area contributed by atoms with Crippen molar-refractivity contribution in [2.75, 3.05) is 0 Å². The molecular formula is C21H26ClN3O3. The van der Waals surface area contributed by atoms with Crippen LogP contribution in [0.5, 0.6) is 0 Å². The first-order chi connectivity index (χ1) is 13.3. The first-order valence-electron chi connectivity index (χ1n) is 10.0. The molecule has 4 fully saturated rings. The summed E-state index contributed by atoms with van der Waals surface area (Å²) in [6.07, 6.45) is 6.64. The van der Waals surface area contributed by atoms with E-state index in [1.54, 1.807) is 31.2 Å². The van der Waals surface area contributed by atoms with Gasteiger partial charge in [-0.3, -0.25) is 25.2 Å². The van der Waals surface area contributed by atoms with E-state index in [9.17, 15) is 14.4 Å². The van der Waals surface area contributed by atoms with E-state index >= 15 is 0 Å². The highest BCUT2D eigenvalue weighted by Crippen LogP contribution is 2.60. The average molecular weight is 404 g/mol. The number of amides is 3. The third-order valence-corrected chi connectivity index (χ3v) is 6.92. The monoisotopic (exact) mass is 403 g/mol. The van der Waals surface area contributed by atoms with Gasteiger partial charge in [0, 0.05) is 16.0 Å². The Morgan fingerprint density at radius 2 is 1.50 bits per heavy atom. The van der Waals surface area contributed by atoms with E-state index in [0.29, 0.717) is 28.3 Å². The fourth-order valence-electron chi connectivity index (χ4n) is 5.70. The number of benzene rings is 1. The number of hydrogen-bond donors (Lipinski definition) is 3. The number of nitrogens with one attached hydrogen (secondary N) is 3. The molecule has 0 aliphatic heterocycles. The first kappa shape index (κ1) is 19.2. The Morgan fingerprint density at radius 3 is 2.04 bits per heavy atom. The number of rotatable bonds is 4. The smallest absolute Gasteiger partial charge is 0.269 e. The SMILES string of the molecule is C[C@H](NC(=O)C12CC3CC(CC(C3)C1)C2)C(=O)NNC(=O)c1ccc(Cl)cc1. The second kappa shape index (κ2) is 7.39. The summed E-state index contributed by atoms with van der Waals surface area (Å²) in [6, 6.07) is 5.63. The highest BCUT2D eigenvalue weighted by Gasteiger charge is 2.54. The lowest BCUT2D eigenvalue weighted by Crippen LogP contribution is -2.57. The van der Waals surface area contributed by atoms with Gasteiger partial charge in [-0.15, -0.1) is 0 Å². The Labute approximate surface area is 169 Å². The minimum atomic E-state index is -0.717. The van der Waals surface area contributed by atoms with Gasteiger partial charge >= 0.3 is 0 Å². The minimum Gasteiger partial charge on any atom is -0.344 e. The minimum absolute atomic E-state index is 0.00159. The van der Waals surface area contributed by atoms with Gasteiger partial charge in [0.05, 0.1) is 0 Å². The fraction of sp³-hybridized carbons (Fsp3) is 0.571. The highest BCUT2D eigenvalue weighted by atomic mass is 35.5. The maximum Gasteiger partial charge on any atom is 0.269 e. The van der Waals surface area contributed by atoms with Crippen LogP contribution in [0.15, 0.2) is 24.3 Å². The zero-order chi connectivity index (χ0) is 19.9. The molecule has 7 heteroatoms. The molecule has 4 aliphatic carbocycles. The van der Waals surface area contributed by atoms with Crippen LogP contribution in [-0.4, -0.2) is 23.8 Å². The van der Waals surface area contributed by atoms with Crippen molar-refractivity contribution in [1.82, 2.24) is 16.2 Å². The summed E-state index contributed by atoms with van der Waals surface area (Å²) in [5.41, 5.74) is 4.85. The summed E-state index contributed by atoms with van der Waals surface area (Å²) in [4.78, 5) is 37.4. The van der Waals surface area contributed by atoms with Crippen LogP contribution in [0.1, 0.15) is 55.8 Å². The van der Waals surface area contributed by atoms with Crippen molar-refractivity contribution in [2.24, 2.45) is 23.2 Å². The quantitative estimate of drug-likeness (QED) is 0.675. The molecule has 4 saturated carbocycles. The standard InChI is InChI=1S/C21H26ClN3O3/c1-12(18(26)24-25-19(27)16-2-4-17(22)5-3-16)23-20(28)21-9-13-6-14(10-21)8-15(7-13)11-21/h2-5,12-15H,6-11H2,1H3,(H,23,28)(H,24,26)(H,25,27)/t12-,13?,14?,15?,21?/m0/s1. The van der Waals surface area contributed by atoms with Crippen molar-refractivity contribution in [1.29, 1.82) is 0 Å². The predicted octanol–water partition coefficient (Wildman–Crippen LogP) is 2.82. The van der Waals surface area contributed by atoms with Crippen molar-refractivity contribution in [2.45, 2.75) is 51.5 Å². The molecule has 3 N–H and O–H groups in total. The normalized spacial score (nSPS) is 31.1. The van der Waals surface area contributed by atoms with Crippen LogP contribution in [0.3, 0.4) is 0 Å². The summed E-state index contributed by atoms with van der Waals surface area (Å²) < 4.78 is 0. The zero-order valence-electron chi connectivity index (χ0n) is 16.0. The van der Waals surface area contributed by atoms with Gasteiger partial charge in [-0.1, -0.05) is 11.6 Å². The lowest BCUT2D eigenvalue weighted by molar-refractivity contribution is -0.148. The highest BCUT2D eigenvalue weighted by molar-refractivity contribution is 6.30. The van der Waals surface area contributed by atoms with Crippen LogP contribution in [0.4, 0.5) is 0 Å². The van der Waals surface area contributed by atoms with E-state index < -0.39 is 17.9 Å². The molecule has 150 valence electrons. The number of carbonyl (C=O) groups is 3. The van der Waals surface area contributed by atoms with E-state index in [1.165, 1.54) is 19.3 Å². The van der Waals surface area contributed by atoms with Crippen molar-refractivity contribution in [3.8, 4) is 0 Å². The first-order valence-corrected chi connectivity index (χ1v) is 10.4. The molecule has 0 aromatic heterocycles. The second-order valence-electron chi connectivity index (χ2n) is 8.84. The van der Waals surface area contributed by atoms with Gasteiger partial charge in [0.25, 0.3) is 11.8 Å². The Bertz CT molecular complexity index is 757. The van der Waals surface area contributed by atoms with Gasteiger partial charge in [-0.25, -0.2) is 0 Å². The molecule has 0 saturated heterocycles. The molecule has 4 bridgehead atoms. The summed E-state index contributed by atoms with van der Waals surface area (Å²) >= 11 is 5.80. The molecule has 0 heterocycles. The fourth-order valence-corrected chi connectivity index (χ4v) is 5.83. The molecule has 0 spiro atoms. The molecule has 1 atom stereocenters. The Morgan fingerprint density at radius 1 is 0.964 bits per heavy atom. The maximum absolute atomic E-state index is 13.0. The molecule has 3 amide bonds. The van der Waals surface area contributed by atoms with Crippen LogP contribution in [-0.2, 0) is 9.59 Å². The molecule has 5 rings (SSSR count). The van der Waals surface area contributed by atoms with Crippen molar-refractivity contribution >= 4 is 29.3 Å². The third kappa shape index (κ3) is 3.75. The molecule has 0 unspecified atom stereocenters. The molecule has 0 radical (unpaired) electrons. The number of carbonyl (C=O) groups excluding carboxylic acids is 3. The Kier molecular flexibility index (Phi) is 5.08. The van der Waals surface area contributed by atoms with Crippen molar-refractivity contribution in [3.63, 3.8) is 0 Å². The summed E-state index contributed by atoms with van der Waals surface area (Å²) in [7, 11) is 0. The molecule has 1 aromatic rings. The predicted molar refractivity (Wildman–Crippen MR) is 105 cm³/mol. The summed E-state index contributed by atoms with van der Waals surface area (Å²) in [5, 5.41) is 3.42. The Balaban J connectivity index is 1.30. The molecular weight excluding hydrogens is 378 g/mol. The lowest BCUT2D eigenvalue weighted by atomic mass is 9.49. The van der Waals surface area contributed by atoms with E-state index in [-0.39, 0.29) is 11.3 Å². The van der Waals surface area contributed by atoms with E-state index in [0.717, 1.165) is 19.3 Å². The summed E-state index contributed by atoms with van der Waals surface area (Å²) in [6.45, 7) is 1.64. The van der Waals surface area contributed by atoms with Crippen LogP contribution in [0.2, 0.25) is 5.02 Å². The van der Waals surface area contributed by atoms with Crippen molar-refractivity contribution in [3.05, 3.63) is 34.9 Å². The average Bonchev–Trinajstić information content (AvgIpc) is 2.65. The third-order valence-electron chi connectivity index (χ3n) is 6.67. The lowest BCUT2D eigenvalue weighted by Gasteiger charge is -2.55. The van der Waals surface area contributed by atoms with Gasteiger partial charge in [0.15, 0.2) is 0 Å². The molecule has 1 aromatic carbocycles. The van der Waals surface area contributed by atoms with E-state index in [4.69, 9.17) is 11.6 Å². The van der Waals surface area contributed by atoms with Crippen LogP contribution < -0.4 is 16.2 Å². The Hall–Kier alpha value is -2.08. The topological polar surface area (TPSA) is 87.3 Å². The molecule has 6 nitrogen and oxygen atoms in total. The number of hydrogen-bond acceptors (Lipinski definition) is 3. The van der Waals surface area contributed by atoms with Gasteiger partial charge < -0.3 is 5.32 Å². The van der Waals surface area contributed by atoms with E-state index in [2.05, 4.69) is 16.2 Å². The molecule has 4 aliphatic rings. The van der Waals surface area contributed by atoms with Crippen LogP contribution in [0.25, 0.3) is 0 Å². The van der Waals surface area contributed by atoms with Gasteiger partial charge in [0.2, 0.25) is 5.91 Å². The summed E-state index contributed by atoms with van der Waals surface area (Å²) in [5.74, 6) is 1.11. The largest absolute Gasteiger partial charge is 0.344 e. The van der Waals surface area contributed by atoms with Gasteiger partial charge in [-0.05, 0) is 87.5 Å². The van der Waals surface area contributed by atoms with E-state index in [1.807, 2.05) is 0 Å². The zero-order valence-corrected chi connectivity index (χ0v) is 16.7. The number of hydrazine groups is 1. The van der Waals surface area contributed by atoms with Crippen molar-refractivity contribution < 1.29 is 14.4 Å². The maximum atomic E-state index is 13.0. The second-order valence-corrected chi connectivity index (χ2v) is 9.28. The van der Waals surface area contributed by atoms with Crippen LogP contribution in [0, 0.1) is 23.2 Å².